The van der Waals surface area contributed by atoms with Gasteiger partial charge in [-0.15, -0.1) is 34.2 Å². The van der Waals surface area contributed by atoms with Crippen LogP contribution in [0.15, 0.2) is 4.99 Å². The molecule has 144 valence electrons. The fraction of sp³-hybridized carbons (Fsp3) is 0.833. The Hall–Kier alpha value is -0.860. The highest BCUT2D eigenvalue weighted by Gasteiger charge is 2.14. The summed E-state index contributed by atoms with van der Waals surface area (Å²) < 4.78 is 2.32. The van der Waals surface area contributed by atoms with Crippen LogP contribution in [0.2, 0.25) is 0 Å². The van der Waals surface area contributed by atoms with Gasteiger partial charge in [0.15, 0.2) is 5.96 Å². The van der Waals surface area contributed by atoms with E-state index in [1.807, 2.05) is 7.05 Å². The van der Waals surface area contributed by atoms with Gasteiger partial charge in [-0.1, -0.05) is 20.3 Å². The van der Waals surface area contributed by atoms with Gasteiger partial charge in [-0.25, -0.2) is 0 Å². The first-order valence-corrected chi connectivity index (χ1v) is 9.48. The summed E-state index contributed by atoms with van der Waals surface area (Å²) in [7, 11) is 1.83. The Morgan fingerprint density at radius 3 is 2.68 bits per heavy atom. The number of rotatable bonds is 7. The number of nitrogens with zero attached hydrogens (tertiary/aromatic N) is 4. The van der Waals surface area contributed by atoms with E-state index in [0.29, 0.717) is 6.04 Å². The first-order chi connectivity index (χ1) is 11.6. The van der Waals surface area contributed by atoms with Gasteiger partial charge in [0.2, 0.25) is 0 Å². The fourth-order valence-electron chi connectivity index (χ4n) is 3.11. The number of halogens is 1. The molecule has 6 nitrogen and oxygen atoms in total. The number of aliphatic imine (C=N–C) groups is 1. The highest BCUT2D eigenvalue weighted by atomic mass is 127. The molecule has 0 fully saturated rings. The second-order valence-electron chi connectivity index (χ2n) is 7.26. The second-order valence-corrected chi connectivity index (χ2v) is 7.26. The van der Waals surface area contributed by atoms with Gasteiger partial charge < -0.3 is 15.2 Å². The molecule has 1 aromatic heterocycles. The van der Waals surface area contributed by atoms with Crippen molar-refractivity contribution in [1.82, 2.24) is 25.4 Å². The minimum Gasteiger partial charge on any atom is -0.356 e. The fourth-order valence-corrected chi connectivity index (χ4v) is 3.11. The summed E-state index contributed by atoms with van der Waals surface area (Å²) in [6.07, 6.45) is 8.12. The molecule has 2 N–H and O–H groups in total. The van der Waals surface area contributed by atoms with Crippen molar-refractivity contribution in [3.63, 3.8) is 0 Å². The van der Waals surface area contributed by atoms with E-state index in [4.69, 9.17) is 0 Å². The number of nitrogens with one attached hydrogen (secondary N) is 2. The Bertz CT molecular complexity index is 526. The molecule has 1 atom stereocenters. The maximum Gasteiger partial charge on any atom is 0.191 e. The minimum absolute atomic E-state index is 0. The number of aryl methyl sites for hydroxylation is 1. The van der Waals surface area contributed by atoms with E-state index < -0.39 is 0 Å². The van der Waals surface area contributed by atoms with Crippen molar-refractivity contribution in [3.05, 3.63) is 11.6 Å². The molecule has 1 aliphatic heterocycles. The molecule has 7 heteroatoms. The molecular formula is C18H35IN6. The Morgan fingerprint density at radius 2 is 1.96 bits per heavy atom. The maximum atomic E-state index is 4.38. The van der Waals surface area contributed by atoms with Gasteiger partial charge in [0.05, 0.1) is 0 Å². The first-order valence-electron chi connectivity index (χ1n) is 9.48. The van der Waals surface area contributed by atoms with Crippen molar-refractivity contribution in [1.29, 1.82) is 0 Å². The van der Waals surface area contributed by atoms with Crippen LogP contribution in [-0.2, 0) is 19.4 Å². The van der Waals surface area contributed by atoms with E-state index >= 15 is 0 Å². The van der Waals surface area contributed by atoms with Gasteiger partial charge in [0.1, 0.15) is 11.6 Å². The molecule has 0 aromatic carbocycles. The lowest BCUT2D eigenvalue weighted by molar-refractivity contribution is 0.489. The molecule has 25 heavy (non-hydrogen) atoms. The van der Waals surface area contributed by atoms with Crippen LogP contribution in [0.5, 0.6) is 0 Å². The van der Waals surface area contributed by atoms with E-state index in [2.05, 4.69) is 51.2 Å². The van der Waals surface area contributed by atoms with Crippen LogP contribution in [0.1, 0.15) is 64.5 Å². The SMILES string of the molecule is CN=C(NCCc1nnc2n1CCCCC2)NC(C)CCC(C)C.I. The molecule has 0 amide bonds. The van der Waals surface area contributed by atoms with E-state index in [-0.39, 0.29) is 24.0 Å². The lowest BCUT2D eigenvalue weighted by Gasteiger charge is -2.18. The van der Waals surface area contributed by atoms with Crippen LogP contribution < -0.4 is 10.6 Å². The number of fused-ring (bicyclic) bond motifs is 1. The Balaban J connectivity index is 0.00000312. The third-order valence-electron chi connectivity index (χ3n) is 4.61. The van der Waals surface area contributed by atoms with Gasteiger partial charge >= 0.3 is 0 Å². The molecule has 0 saturated carbocycles. The number of hydrogen-bond acceptors (Lipinski definition) is 3. The lowest BCUT2D eigenvalue weighted by atomic mass is 10.0. The summed E-state index contributed by atoms with van der Waals surface area (Å²) in [4.78, 5) is 4.33. The summed E-state index contributed by atoms with van der Waals surface area (Å²) in [6, 6.07) is 0.433. The predicted molar refractivity (Wildman–Crippen MR) is 115 cm³/mol. The van der Waals surface area contributed by atoms with E-state index in [9.17, 15) is 0 Å². The van der Waals surface area contributed by atoms with Crippen LogP contribution in [0.3, 0.4) is 0 Å². The summed E-state index contributed by atoms with van der Waals surface area (Å²) in [5, 5.41) is 15.6. The zero-order valence-corrected chi connectivity index (χ0v) is 18.5. The normalized spacial score (nSPS) is 16.0. The molecule has 2 heterocycles. The molecule has 0 spiro atoms. The molecule has 1 aromatic rings. The largest absolute Gasteiger partial charge is 0.356 e. The van der Waals surface area contributed by atoms with E-state index in [1.165, 1.54) is 25.7 Å². The third kappa shape index (κ3) is 7.50. The number of aromatic nitrogens is 3. The monoisotopic (exact) mass is 462 g/mol. The van der Waals surface area contributed by atoms with Crippen molar-refractivity contribution in [3.8, 4) is 0 Å². The average Bonchev–Trinajstić information content (AvgIpc) is 2.79. The molecule has 2 rings (SSSR count). The van der Waals surface area contributed by atoms with Crippen LogP contribution in [0.25, 0.3) is 0 Å². The van der Waals surface area contributed by atoms with Gasteiger partial charge in [0, 0.05) is 39.0 Å². The Labute approximate surface area is 169 Å². The van der Waals surface area contributed by atoms with Gasteiger partial charge in [-0.2, -0.15) is 0 Å². The van der Waals surface area contributed by atoms with Crippen LogP contribution >= 0.6 is 24.0 Å². The quantitative estimate of drug-likeness (QED) is 0.371. The second kappa shape index (κ2) is 11.7. The van der Waals surface area contributed by atoms with Crippen molar-refractivity contribution >= 4 is 29.9 Å². The predicted octanol–water partition coefficient (Wildman–Crippen LogP) is 3.15. The highest BCUT2D eigenvalue weighted by molar-refractivity contribution is 14.0. The number of guanidine groups is 1. The smallest absolute Gasteiger partial charge is 0.191 e. The van der Waals surface area contributed by atoms with E-state index in [1.54, 1.807) is 0 Å². The van der Waals surface area contributed by atoms with Crippen molar-refractivity contribution < 1.29 is 0 Å². The van der Waals surface area contributed by atoms with Crippen LogP contribution in [0, 0.1) is 5.92 Å². The van der Waals surface area contributed by atoms with Crippen molar-refractivity contribution in [2.45, 2.75) is 78.3 Å². The Kier molecular flexibility index (Phi) is 10.4. The van der Waals surface area contributed by atoms with Crippen molar-refractivity contribution in [2.24, 2.45) is 10.9 Å². The van der Waals surface area contributed by atoms with Crippen LogP contribution in [-0.4, -0.2) is 40.4 Å². The van der Waals surface area contributed by atoms with Crippen molar-refractivity contribution in [2.75, 3.05) is 13.6 Å². The number of hydrogen-bond donors (Lipinski definition) is 2. The highest BCUT2D eigenvalue weighted by Crippen LogP contribution is 2.14. The van der Waals surface area contributed by atoms with Gasteiger partial charge in [0.25, 0.3) is 0 Å². The lowest BCUT2D eigenvalue weighted by Crippen LogP contribution is -2.43. The summed E-state index contributed by atoms with van der Waals surface area (Å²) in [5.74, 6) is 3.88. The summed E-state index contributed by atoms with van der Waals surface area (Å²) in [5.41, 5.74) is 0. The minimum atomic E-state index is 0. The molecule has 1 aliphatic rings. The summed E-state index contributed by atoms with van der Waals surface area (Å²) >= 11 is 0. The van der Waals surface area contributed by atoms with Gasteiger partial charge in [-0.3, -0.25) is 4.99 Å². The molecule has 1 unspecified atom stereocenters. The maximum absolute atomic E-state index is 4.38. The first kappa shape index (κ1) is 22.2. The topological polar surface area (TPSA) is 67.1 Å². The molecule has 0 bridgehead atoms. The van der Waals surface area contributed by atoms with E-state index in [0.717, 1.165) is 55.9 Å². The molecule has 0 saturated heterocycles. The summed E-state index contributed by atoms with van der Waals surface area (Å²) in [6.45, 7) is 8.64. The average molecular weight is 462 g/mol. The van der Waals surface area contributed by atoms with Crippen LogP contribution in [0.4, 0.5) is 0 Å². The molecule has 0 radical (unpaired) electrons. The molecule has 0 aliphatic carbocycles. The third-order valence-corrected chi connectivity index (χ3v) is 4.61. The standard InChI is InChI=1S/C18H34N6.HI/c1-14(2)9-10-15(3)21-18(19-4)20-12-11-17-23-22-16-8-6-5-7-13-24(16)17;/h14-15H,5-13H2,1-4H3,(H2,19,20,21);1H. The zero-order valence-electron chi connectivity index (χ0n) is 16.2. The molecular weight excluding hydrogens is 427 g/mol. The van der Waals surface area contributed by atoms with Gasteiger partial charge in [-0.05, 0) is 38.5 Å². The Morgan fingerprint density at radius 1 is 1.16 bits per heavy atom. The zero-order chi connectivity index (χ0) is 17.4.